The molecule has 0 saturated heterocycles. The molecule has 0 aromatic carbocycles. The average Bonchev–Trinajstić information content (AvgIpc) is 1.35. The molecule has 0 heterocycles. The number of carbonyl (C=O) groups excluding carboxylic acids is 1. The van der Waals surface area contributed by atoms with Gasteiger partial charge in [-0.05, 0) is 13.0 Å². The third-order valence-electron chi connectivity index (χ3n) is 0.268. The van der Waals surface area contributed by atoms with Gasteiger partial charge in [-0.25, -0.2) is 0 Å². The zero-order chi connectivity index (χ0) is 4.99. The van der Waals surface area contributed by atoms with Gasteiger partial charge in [0.2, 0.25) is 0 Å². The molecular formula is C4H4NNaO-. The Morgan fingerprint density at radius 3 is 2.29 bits per heavy atom. The molecule has 0 rings (SSSR count). The van der Waals surface area contributed by atoms with Crippen LogP contribution in [0.25, 0.3) is 5.41 Å². The average molecular weight is 105 g/mol. The van der Waals surface area contributed by atoms with Gasteiger partial charge < -0.3 is 5.41 Å². The van der Waals surface area contributed by atoms with Crippen molar-refractivity contribution in [2.24, 2.45) is 0 Å². The van der Waals surface area contributed by atoms with Crippen LogP contribution in [0.4, 0.5) is 0 Å². The second-order valence-corrected chi connectivity index (χ2v) is 0.884. The maximum Gasteiger partial charge on any atom is 0.158 e. The minimum atomic E-state index is -0.197. The second kappa shape index (κ2) is 6.12. The van der Waals surface area contributed by atoms with Gasteiger partial charge in [0.05, 0.1) is 0 Å². The summed E-state index contributed by atoms with van der Waals surface area (Å²) in [4.78, 5) is 9.77. The van der Waals surface area contributed by atoms with Crippen LogP contribution >= 0.6 is 0 Å². The minimum absolute atomic E-state index is 0. The zero-order valence-corrected chi connectivity index (χ0v) is 6.43. The van der Waals surface area contributed by atoms with Crippen LogP contribution in [-0.2, 0) is 4.79 Å². The molecule has 0 spiro atoms. The van der Waals surface area contributed by atoms with Crippen LogP contribution in [0.2, 0.25) is 0 Å². The maximum absolute atomic E-state index is 9.77. The molecule has 0 aliphatic heterocycles. The van der Waals surface area contributed by atoms with E-state index in [-0.39, 0.29) is 35.3 Å². The van der Waals surface area contributed by atoms with E-state index in [1.54, 1.807) is 5.87 Å². The van der Waals surface area contributed by atoms with Gasteiger partial charge >= 0.3 is 0 Å². The van der Waals surface area contributed by atoms with Crippen LogP contribution in [0.15, 0.2) is 6.08 Å². The van der Waals surface area contributed by atoms with Gasteiger partial charge in [-0.1, -0.05) is 0 Å². The quantitative estimate of drug-likeness (QED) is 0.262. The first kappa shape index (κ1) is 10.2. The molecule has 0 unspecified atom stereocenters. The molecule has 0 aromatic heterocycles. The molecule has 7 heavy (non-hydrogen) atoms. The molecule has 3 heteroatoms. The molecule has 2 nitrogen and oxygen atoms in total. The predicted octanol–water partition coefficient (Wildman–Crippen LogP) is -0.0101. The molecule has 0 aliphatic carbocycles. The Morgan fingerprint density at radius 2 is 2.29 bits per heavy atom. The van der Waals surface area contributed by atoms with E-state index in [9.17, 15) is 4.79 Å². The molecule has 0 N–H and O–H groups in total. The van der Waals surface area contributed by atoms with Crippen molar-refractivity contribution in [2.45, 2.75) is 6.92 Å². The van der Waals surface area contributed by atoms with Gasteiger partial charge in [0.1, 0.15) is 0 Å². The van der Waals surface area contributed by atoms with E-state index in [1.165, 1.54) is 6.92 Å². The van der Waals surface area contributed by atoms with Crippen molar-refractivity contribution < 1.29 is 4.79 Å². The first-order valence-electron chi connectivity index (χ1n) is 1.51. The summed E-state index contributed by atoms with van der Waals surface area (Å²) in [5, 5.41) is 7.71. The maximum atomic E-state index is 9.77. The first-order valence-corrected chi connectivity index (χ1v) is 1.51. The normalized spacial score (nSPS) is 5.29. The van der Waals surface area contributed by atoms with Crippen LogP contribution in [0.5, 0.6) is 0 Å². The predicted molar refractivity (Wildman–Crippen MR) is 29.4 cm³/mol. The number of hydrogen-bond acceptors (Lipinski definition) is 1. The summed E-state index contributed by atoms with van der Waals surface area (Å²) < 4.78 is 0. The number of carbonyl (C=O) groups is 1. The fraction of sp³-hybridized carbons (Fsp3) is 0.250. The van der Waals surface area contributed by atoms with Gasteiger partial charge in [0.25, 0.3) is 0 Å². The molecule has 33 valence electrons. The topological polar surface area (TPSA) is 39.4 Å². The number of rotatable bonds is 1. The Bertz CT molecular complexity index is 104. The summed E-state index contributed by atoms with van der Waals surface area (Å²) in [6, 6.07) is 0. The Hall–Kier alpha value is 0.120. The molecule has 0 bridgehead atoms. The van der Waals surface area contributed by atoms with Crippen molar-refractivity contribution in [1.29, 1.82) is 0 Å². The van der Waals surface area contributed by atoms with E-state index in [1.807, 2.05) is 0 Å². The Balaban J connectivity index is 0. The Kier molecular flexibility index (Phi) is 8.89. The standard InChI is InChI=1S/C4H4NO.Na/c1-4(6)2-3-5;/h2H,1H3;/q-1;. The summed E-state index contributed by atoms with van der Waals surface area (Å²) in [6.45, 7) is 1.34. The van der Waals surface area contributed by atoms with Crippen molar-refractivity contribution >= 4 is 41.2 Å². The van der Waals surface area contributed by atoms with Crippen LogP contribution in [0, 0.1) is 0 Å². The molecule has 0 aromatic rings. The van der Waals surface area contributed by atoms with E-state index in [0.29, 0.717) is 0 Å². The van der Waals surface area contributed by atoms with Crippen LogP contribution in [-0.4, -0.2) is 41.2 Å². The third-order valence-corrected chi connectivity index (χ3v) is 0.268. The third kappa shape index (κ3) is 10.7. The summed E-state index contributed by atoms with van der Waals surface area (Å²) in [7, 11) is 0. The number of allylic oxidation sites excluding steroid dienone is 1. The monoisotopic (exact) mass is 105 g/mol. The Morgan fingerprint density at radius 1 is 1.86 bits per heavy atom. The molecule has 0 aliphatic rings. The fourth-order valence-corrected chi connectivity index (χ4v) is 0.0909. The first-order chi connectivity index (χ1) is 2.77. The summed E-state index contributed by atoms with van der Waals surface area (Å²) in [5.41, 5.74) is 0. The summed E-state index contributed by atoms with van der Waals surface area (Å²) in [6.07, 6.45) is 0.958. The van der Waals surface area contributed by atoms with Crippen molar-refractivity contribution in [3.63, 3.8) is 0 Å². The number of nitrogens with zero attached hydrogens (tertiary/aromatic N) is 1. The van der Waals surface area contributed by atoms with E-state index >= 15 is 0 Å². The molecule has 0 atom stereocenters. The largest absolute Gasteiger partial charge is 0.763 e. The molecule has 0 saturated carbocycles. The summed E-state index contributed by atoms with van der Waals surface area (Å²) in [5.74, 6) is 1.40. The summed E-state index contributed by atoms with van der Waals surface area (Å²) >= 11 is 0. The van der Waals surface area contributed by atoms with Crippen molar-refractivity contribution in [3.05, 3.63) is 11.5 Å². The van der Waals surface area contributed by atoms with Crippen LogP contribution < -0.4 is 0 Å². The number of hydrogen-bond donors (Lipinski definition) is 0. The van der Waals surface area contributed by atoms with Crippen LogP contribution in [0.1, 0.15) is 6.92 Å². The van der Waals surface area contributed by atoms with E-state index in [4.69, 9.17) is 5.41 Å². The van der Waals surface area contributed by atoms with Crippen molar-refractivity contribution in [1.82, 2.24) is 0 Å². The minimum Gasteiger partial charge on any atom is -0.763 e. The smallest absolute Gasteiger partial charge is 0.158 e. The molecule has 0 fully saturated rings. The molecule has 0 amide bonds. The van der Waals surface area contributed by atoms with E-state index in [0.717, 1.165) is 6.08 Å². The molecule has 1 radical (unpaired) electrons. The Labute approximate surface area is 64.4 Å². The van der Waals surface area contributed by atoms with Gasteiger partial charge in [-0.3, -0.25) is 10.7 Å². The van der Waals surface area contributed by atoms with Crippen molar-refractivity contribution in [3.8, 4) is 0 Å². The van der Waals surface area contributed by atoms with Gasteiger partial charge in [-0.2, -0.15) is 0 Å². The van der Waals surface area contributed by atoms with E-state index in [2.05, 4.69) is 0 Å². The molecular weight excluding hydrogens is 101 g/mol. The van der Waals surface area contributed by atoms with Crippen molar-refractivity contribution in [2.75, 3.05) is 0 Å². The fourth-order valence-electron chi connectivity index (χ4n) is 0.0909. The van der Waals surface area contributed by atoms with E-state index < -0.39 is 0 Å². The van der Waals surface area contributed by atoms with Crippen LogP contribution in [0.3, 0.4) is 0 Å². The van der Waals surface area contributed by atoms with Gasteiger partial charge in [-0.15, -0.1) is 0 Å². The van der Waals surface area contributed by atoms with Gasteiger partial charge in [0.15, 0.2) is 5.78 Å². The SMILES string of the molecule is CC(=O)C=C=[N-].[Na]. The second-order valence-electron chi connectivity index (χ2n) is 0.884. The zero-order valence-electron chi connectivity index (χ0n) is 4.43. The number of ketones is 1. The van der Waals surface area contributed by atoms with Gasteiger partial charge in [0, 0.05) is 29.6 Å².